The summed E-state index contributed by atoms with van der Waals surface area (Å²) in [5, 5.41) is 3.46. The molecule has 2 aliphatic heterocycles. The number of hydrogen-bond acceptors (Lipinski definition) is 4. The molecule has 0 aromatic carbocycles. The molecule has 0 radical (unpaired) electrons. The van der Waals surface area contributed by atoms with Gasteiger partial charge in [-0.25, -0.2) is 4.79 Å². The lowest BCUT2D eigenvalue weighted by Gasteiger charge is -2.41. The van der Waals surface area contributed by atoms with Crippen LogP contribution in [0.3, 0.4) is 0 Å². The molecule has 1 N–H and O–H groups in total. The van der Waals surface area contributed by atoms with Crippen LogP contribution < -0.4 is 10.2 Å². The van der Waals surface area contributed by atoms with Crippen LogP contribution >= 0.6 is 27.5 Å². The van der Waals surface area contributed by atoms with Gasteiger partial charge in [-0.1, -0.05) is 11.6 Å². The van der Waals surface area contributed by atoms with Gasteiger partial charge in [0, 0.05) is 38.3 Å². The molecule has 5 nitrogen and oxygen atoms in total. The Bertz CT molecular complexity index is 526. The number of nitrogens with one attached hydrogen (secondary N) is 1. The fourth-order valence-corrected chi connectivity index (χ4v) is 3.94. The SMILES string of the molecule is C[C@@H]1NC(=O)OC12CCN(c1c(Cl)cncc1Br)CC2. The largest absolute Gasteiger partial charge is 0.441 e. The summed E-state index contributed by atoms with van der Waals surface area (Å²) < 4.78 is 6.40. The molecule has 2 aliphatic rings. The maximum atomic E-state index is 11.4. The normalized spacial score (nSPS) is 24.6. The summed E-state index contributed by atoms with van der Waals surface area (Å²) in [5.41, 5.74) is 0.584. The molecule has 1 amide bonds. The predicted octanol–water partition coefficient (Wildman–Crippen LogP) is 2.96. The number of carbonyl (C=O) groups is 1. The average molecular weight is 361 g/mol. The number of alkyl carbamates (subject to hydrolysis) is 1. The summed E-state index contributed by atoms with van der Waals surface area (Å²) in [6.45, 7) is 3.58. The van der Waals surface area contributed by atoms with Crippen molar-refractivity contribution < 1.29 is 9.53 Å². The molecule has 0 unspecified atom stereocenters. The molecule has 2 fully saturated rings. The standard InChI is InChI=1S/C13H15BrClN3O2/c1-8-13(20-12(19)17-8)2-4-18(5-3-13)11-9(14)6-16-7-10(11)15/h6-8H,2-5H2,1H3,(H,17,19)/t8-/m0/s1. The van der Waals surface area contributed by atoms with E-state index in [0.717, 1.165) is 36.1 Å². The van der Waals surface area contributed by atoms with Gasteiger partial charge in [0.05, 0.1) is 21.2 Å². The van der Waals surface area contributed by atoms with Crippen molar-refractivity contribution in [1.29, 1.82) is 0 Å². The molecule has 0 saturated carbocycles. The molecule has 1 atom stereocenters. The van der Waals surface area contributed by atoms with Gasteiger partial charge in [0.2, 0.25) is 0 Å². The fourth-order valence-electron chi connectivity index (χ4n) is 2.96. The Morgan fingerprint density at radius 3 is 2.75 bits per heavy atom. The Morgan fingerprint density at radius 2 is 2.20 bits per heavy atom. The molecule has 1 aromatic heterocycles. The zero-order valence-electron chi connectivity index (χ0n) is 11.0. The first-order valence-electron chi connectivity index (χ1n) is 6.55. The van der Waals surface area contributed by atoms with Crippen molar-refractivity contribution in [3.05, 3.63) is 21.9 Å². The van der Waals surface area contributed by atoms with E-state index in [1.54, 1.807) is 12.4 Å². The van der Waals surface area contributed by atoms with E-state index in [4.69, 9.17) is 16.3 Å². The summed E-state index contributed by atoms with van der Waals surface area (Å²) in [6, 6.07) is 0.0495. The van der Waals surface area contributed by atoms with Crippen LogP contribution in [-0.2, 0) is 4.74 Å². The van der Waals surface area contributed by atoms with Crippen LogP contribution in [-0.4, -0.2) is 35.8 Å². The Hall–Kier alpha value is -1.01. The van der Waals surface area contributed by atoms with Gasteiger partial charge in [-0.15, -0.1) is 0 Å². The van der Waals surface area contributed by atoms with E-state index in [1.165, 1.54) is 0 Å². The number of aromatic nitrogens is 1. The minimum Gasteiger partial charge on any atom is -0.441 e. The summed E-state index contributed by atoms with van der Waals surface area (Å²) in [5.74, 6) is 0. The van der Waals surface area contributed by atoms with Crippen molar-refractivity contribution in [2.75, 3.05) is 18.0 Å². The number of ether oxygens (including phenoxy) is 1. The van der Waals surface area contributed by atoms with E-state index in [2.05, 4.69) is 31.1 Å². The molecule has 3 rings (SSSR count). The van der Waals surface area contributed by atoms with Crippen LogP contribution in [0.25, 0.3) is 0 Å². The fraction of sp³-hybridized carbons (Fsp3) is 0.538. The first-order valence-corrected chi connectivity index (χ1v) is 7.72. The van der Waals surface area contributed by atoms with E-state index >= 15 is 0 Å². The third-order valence-corrected chi connectivity index (χ3v) is 5.03. The molecule has 108 valence electrons. The maximum Gasteiger partial charge on any atom is 0.408 e. The summed E-state index contributed by atoms with van der Waals surface area (Å²) in [4.78, 5) is 17.7. The highest BCUT2D eigenvalue weighted by atomic mass is 79.9. The Balaban J connectivity index is 1.78. The summed E-state index contributed by atoms with van der Waals surface area (Å²) in [6.07, 6.45) is 4.65. The second-order valence-corrected chi connectivity index (χ2v) is 6.52. The second kappa shape index (κ2) is 5.07. The van der Waals surface area contributed by atoms with Crippen molar-refractivity contribution in [3.8, 4) is 0 Å². The Kier molecular flexibility index (Phi) is 3.54. The Labute approximate surface area is 130 Å². The molecule has 1 aromatic rings. The van der Waals surface area contributed by atoms with Crippen molar-refractivity contribution >= 4 is 39.3 Å². The molecular weight excluding hydrogens is 346 g/mol. The summed E-state index contributed by atoms with van der Waals surface area (Å²) >= 11 is 9.73. The number of piperidine rings is 1. The molecule has 1 spiro atoms. The highest BCUT2D eigenvalue weighted by Gasteiger charge is 2.48. The zero-order chi connectivity index (χ0) is 14.3. The predicted molar refractivity (Wildman–Crippen MR) is 80.2 cm³/mol. The lowest BCUT2D eigenvalue weighted by molar-refractivity contribution is 0.0188. The highest BCUT2D eigenvalue weighted by molar-refractivity contribution is 9.10. The Morgan fingerprint density at radius 1 is 1.50 bits per heavy atom. The third-order valence-electron chi connectivity index (χ3n) is 4.17. The van der Waals surface area contributed by atoms with E-state index in [-0.39, 0.29) is 17.7 Å². The molecule has 7 heteroatoms. The number of halogens is 2. The van der Waals surface area contributed by atoms with Crippen LogP contribution in [0.15, 0.2) is 16.9 Å². The highest BCUT2D eigenvalue weighted by Crippen LogP contribution is 2.39. The monoisotopic (exact) mass is 359 g/mol. The zero-order valence-corrected chi connectivity index (χ0v) is 13.4. The van der Waals surface area contributed by atoms with Crippen LogP contribution in [0.4, 0.5) is 10.5 Å². The third kappa shape index (κ3) is 2.24. The van der Waals surface area contributed by atoms with Gasteiger partial charge in [0.15, 0.2) is 0 Å². The average Bonchev–Trinajstić information content (AvgIpc) is 2.66. The number of anilines is 1. The van der Waals surface area contributed by atoms with E-state index < -0.39 is 0 Å². The topological polar surface area (TPSA) is 54.5 Å². The van der Waals surface area contributed by atoms with Gasteiger partial charge in [-0.3, -0.25) is 4.98 Å². The number of nitrogens with zero attached hydrogens (tertiary/aromatic N) is 2. The molecule has 0 bridgehead atoms. The molecule has 20 heavy (non-hydrogen) atoms. The van der Waals surface area contributed by atoms with Gasteiger partial charge >= 0.3 is 6.09 Å². The van der Waals surface area contributed by atoms with Crippen LogP contribution in [0.1, 0.15) is 19.8 Å². The van der Waals surface area contributed by atoms with Gasteiger partial charge in [0.25, 0.3) is 0 Å². The molecule has 2 saturated heterocycles. The lowest BCUT2D eigenvalue weighted by Crippen LogP contribution is -2.51. The summed E-state index contributed by atoms with van der Waals surface area (Å²) in [7, 11) is 0. The number of rotatable bonds is 1. The van der Waals surface area contributed by atoms with Crippen molar-refractivity contribution in [2.24, 2.45) is 0 Å². The van der Waals surface area contributed by atoms with Crippen LogP contribution in [0, 0.1) is 0 Å². The lowest BCUT2D eigenvalue weighted by atomic mass is 9.85. The molecule has 0 aliphatic carbocycles. The number of carbonyl (C=O) groups excluding carboxylic acids is 1. The van der Waals surface area contributed by atoms with Gasteiger partial charge in [-0.2, -0.15) is 0 Å². The van der Waals surface area contributed by atoms with Gasteiger partial charge < -0.3 is 15.0 Å². The van der Waals surface area contributed by atoms with E-state index in [0.29, 0.717) is 5.02 Å². The first kappa shape index (κ1) is 13.9. The second-order valence-electron chi connectivity index (χ2n) is 5.26. The number of amides is 1. The van der Waals surface area contributed by atoms with Gasteiger partial charge in [0.1, 0.15) is 5.60 Å². The van der Waals surface area contributed by atoms with Crippen molar-refractivity contribution in [1.82, 2.24) is 10.3 Å². The van der Waals surface area contributed by atoms with Crippen LogP contribution in [0.5, 0.6) is 0 Å². The minimum absolute atomic E-state index is 0.0495. The number of hydrogen-bond donors (Lipinski definition) is 1. The molecule has 3 heterocycles. The van der Waals surface area contributed by atoms with Gasteiger partial charge in [-0.05, 0) is 22.9 Å². The van der Waals surface area contributed by atoms with E-state index in [1.807, 2.05) is 6.92 Å². The minimum atomic E-state index is -0.375. The van der Waals surface area contributed by atoms with Crippen molar-refractivity contribution in [3.63, 3.8) is 0 Å². The number of pyridine rings is 1. The maximum absolute atomic E-state index is 11.4. The smallest absolute Gasteiger partial charge is 0.408 e. The van der Waals surface area contributed by atoms with Crippen LogP contribution in [0.2, 0.25) is 5.02 Å². The van der Waals surface area contributed by atoms with Crippen molar-refractivity contribution in [2.45, 2.75) is 31.4 Å². The first-order chi connectivity index (χ1) is 9.52. The quantitative estimate of drug-likeness (QED) is 0.836. The molecular formula is C13H15BrClN3O2. The van der Waals surface area contributed by atoms with E-state index in [9.17, 15) is 4.79 Å².